The second kappa shape index (κ2) is 6.10. The molecule has 3 heteroatoms. The van der Waals surface area contributed by atoms with Gasteiger partial charge in [0.2, 0.25) is 0 Å². The molecule has 0 atom stereocenters. The number of fused-ring (bicyclic) bond motifs is 1. The molecule has 0 radical (unpaired) electrons. The molecule has 1 aromatic carbocycles. The van der Waals surface area contributed by atoms with Crippen LogP contribution in [0.15, 0.2) is 30.5 Å². The normalized spacial score (nSPS) is 17.7. The van der Waals surface area contributed by atoms with E-state index in [4.69, 9.17) is 0 Å². The van der Waals surface area contributed by atoms with Crippen LogP contribution < -0.4 is 0 Å². The highest BCUT2D eigenvalue weighted by Gasteiger charge is 2.19. The summed E-state index contributed by atoms with van der Waals surface area (Å²) < 4.78 is 13.3. The van der Waals surface area contributed by atoms with Crippen molar-refractivity contribution in [3.05, 3.63) is 41.7 Å². The Balaban J connectivity index is 1.91. The summed E-state index contributed by atoms with van der Waals surface area (Å²) in [5.74, 6) is 0.422. The molecule has 2 nitrogen and oxygen atoms in total. The lowest BCUT2D eigenvalue weighted by atomic mass is 9.98. The smallest absolute Gasteiger partial charge is 0.103 e. The van der Waals surface area contributed by atoms with E-state index >= 15 is 0 Å². The molecule has 0 N–H and O–H groups in total. The second-order valence-electron chi connectivity index (χ2n) is 6.32. The van der Waals surface area contributed by atoms with E-state index in [1.54, 1.807) is 0 Å². The molecular weight excluding hydrogens is 263 g/mol. The van der Waals surface area contributed by atoms with Crippen molar-refractivity contribution < 1.29 is 4.39 Å². The zero-order chi connectivity index (χ0) is 14.8. The minimum Gasteiger partial charge on any atom is -0.299 e. The number of hydrogen-bond acceptors (Lipinski definition) is 2. The Morgan fingerprint density at radius 3 is 2.52 bits per heavy atom. The molecule has 0 saturated carbocycles. The van der Waals surface area contributed by atoms with Crippen LogP contribution in [0.4, 0.5) is 4.39 Å². The summed E-state index contributed by atoms with van der Waals surface area (Å²) in [4.78, 5) is 7.03. The quantitative estimate of drug-likeness (QED) is 0.836. The molecule has 3 rings (SSSR count). The number of benzene rings is 1. The Kier molecular flexibility index (Phi) is 4.20. The fraction of sp³-hybridized carbons (Fsp3) is 0.500. The Morgan fingerprint density at radius 2 is 1.86 bits per heavy atom. The maximum Gasteiger partial charge on any atom is 0.103 e. The highest BCUT2D eigenvalue weighted by molar-refractivity contribution is 5.87. The monoisotopic (exact) mass is 286 g/mol. The van der Waals surface area contributed by atoms with Gasteiger partial charge in [-0.15, -0.1) is 0 Å². The number of hydrogen-bond donors (Lipinski definition) is 0. The zero-order valence-electron chi connectivity index (χ0n) is 12.8. The van der Waals surface area contributed by atoms with Crippen molar-refractivity contribution in [2.45, 2.75) is 45.3 Å². The third kappa shape index (κ3) is 3.08. The molecule has 2 heterocycles. The Morgan fingerprint density at radius 1 is 1.19 bits per heavy atom. The van der Waals surface area contributed by atoms with Crippen molar-refractivity contribution in [3.63, 3.8) is 0 Å². The molecule has 0 amide bonds. The second-order valence-corrected chi connectivity index (χ2v) is 6.32. The summed E-state index contributed by atoms with van der Waals surface area (Å²) in [6, 6.07) is 8.51. The molecule has 1 fully saturated rings. The SMILES string of the molecule is CC(C)c1ncc(CN2CCC(F)CC2)c2ccccc12. The number of aromatic nitrogens is 1. The lowest BCUT2D eigenvalue weighted by Crippen LogP contribution is -2.33. The molecular formula is C18H23FN2. The van der Waals surface area contributed by atoms with Gasteiger partial charge in [0.15, 0.2) is 0 Å². The van der Waals surface area contributed by atoms with Gasteiger partial charge in [0.1, 0.15) is 6.17 Å². The third-order valence-electron chi connectivity index (χ3n) is 4.37. The predicted molar refractivity (Wildman–Crippen MR) is 85.2 cm³/mol. The van der Waals surface area contributed by atoms with E-state index in [0.717, 1.165) is 25.3 Å². The topological polar surface area (TPSA) is 16.1 Å². The average molecular weight is 286 g/mol. The average Bonchev–Trinajstić information content (AvgIpc) is 2.49. The first-order valence-electron chi connectivity index (χ1n) is 7.88. The van der Waals surface area contributed by atoms with Crippen molar-refractivity contribution in [1.82, 2.24) is 9.88 Å². The summed E-state index contributed by atoms with van der Waals surface area (Å²) in [5.41, 5.74) is 2.42. The Bertz CT molecular complexity index is 616. The summed E-state index contributed by atoms with van der Waals surface area (Å²) >= 11 is 0. The van der Waals surface area contributed by atoms with Gasteiger partial charge in [0.05, 0.1) is 5.69 Å². The minimum absolute atomic E-state index is 0.422. The van der Waals surface area contributed by atoms with Crippen LogP contribution in [0.1, 0.15) is 43.9 Å². The van der Waals surface area contributed by atoms with Gasteiger partial charge < -0.3 is 0 Å². The minimum atomic E-state index is -0.612. The molecule has 1 aromatic heterocycles. The summed E-state index contributed by atoms with van der Waals surface area (Å²) in [6.45, 7) is 6.93. The van der Waals surface area contributed by atoms with Crippen molar-refractivity contribution in [1.29, 1.82) is 0 Å². The van der Waals surface area contributed by atoms with Crippen LogP contribution >= 0.6 is 0 Å². The summed E-state index contributed by atoms with van der Waals surface area (Å²) in [5, 5.41) is 2.55. The van der Waals surface area contributed by atoms with Crippen molar-refractivity contribution in [2.75, 3.05) is 13.1 Å². The van der Waals surface area contributed by atoms with Gasteiger partial charge in [-0.1, -0.05) is 38.1 Å². The highest BCUT2D eigenvalue weighted by Crippen LogP contribution is 2.27. The molecule has 112 valence electrons. The number of rotatable bonds is 3. The molecule has 0 spiro atoms. The number of pyridine rings is 1. The summed E-state index contributed by atoms with van der Waals surface area (Å²) in [7, 11) is 0. The molecule has 0 aliphatic carbocycles. The summed E-state index contributed by atoms with van der Waals surface area (Å²) in [6.07, 6.45) is 2.73. The van der Waals surface area contributed by atoms with Crippen molar-refractivity contribution in [3.8, 4) is 0 Å². The maximum atomic E-state index is 13.3. The van der Waals surface area contributed by atoms with Gasteiger partial charge in [-0.25, -0.2) is 4.39 Å². The number of nitrogens with zero attached hydrogens (tertiary/aromatic N) is 2. The van der Waals surface area contributed by atoms with E-state index < -0.39 is 6.17 Å². The molecule has 0 bridgehead atoms. The first-order chi connectivity index (χ1) is 10.1. The predicted octanol–water partition coefficient (Wildman–Crippen LogP) is 4.29. The van der Waals surface area contributed by atoms with Crippen LogP contribution in [0, 0.1) is 0 Å². The zero-order valence-corrected chi connectivity index (χ0v) is 12.8. The van der Waals surface area contributed by atoms with Crippen LogP contribution in [0.3, 0.4) is 0 Å². The van der Waals surface area contributed by atoms with Gasteiger partial charge in [0, 0.05) is 31.2 Å². The number of alkyl halides is 1. The number of halogens is 1. The van der Waals surface area contributed by atoms with Gasteiger partial charge in [-0.3, -0.25) is 9.88 Å². The first kappa shape index (κ1) is 14.5. The maximum absolute atomic E-state index is 13.3. The largest absolute Gasteiger partial charge is 0.299 e. The molecule has 1 aliphatic heterocycles. The van der Waals surface area contributed by atoms with Crippen LogP contribution in [-0.4, -0.2) is 29.1 Å². The molecule has 1 saturated heterocycles. The molecule has 21 heavy (non-hydrogen) atoms. The standard InChI is InChI=1S/C18H23FN2/c1-13(2)18-17-6-4-3-5-16(17)14(11-20-18)12-21-9-7-15(19)8-10-21/h3-6,11,13,15H,7-10,12H2,1-2H3. The Hall–Kier alpha value is -1.48. The van der Waals surface area contributed by atoms with Crippen molar-refractivity contribution >= 4 is 10.8 Å². The lowest BCUT2D eigenvalue weighted by molar-refractivity contribution is 0.145. The third-order valence-corrected chi connectivity index (χ3v) is 4.37. The van der Waals surface area contributed by atoms with Crippen LogP contribution in [0.5, 0.6) is 0 Å². The van der Waals surface area contributed by atoms with Gasteiger partial charge >= 0.3 is 0 Å². The lowest BCUT2D eigenvalue weighted by Gasteiger charge is -2.29. The number of likely N-dealkylation sites (tertiary alicyclic amines) is 1. The first-order valence-corrected chi connectivity index (χ1v) is 7.88. The number of piperidine rings is 1. The van der Waals surface area contributed by atoms with Crippen molar-refractivity contribution in [2.24, 2.45) is 0 Å². The highest BCUT2D eigenvalue weighted by atomic mass is 19.1. The van der Waals surface area contributed by atoms with Gasteiger partial charge in [-0.05, 0) is 29.7 Å². The van der Waals surface area contributed by atoms with E-state index in [0.29, 0.717) is 18.8 Å². The van der Waals surface area contributed by atoms with Gasteiger partial charge in [-0.2, -0.15) is 0 Å². The molecule has 1 aliphatic rings. The van der Waals surface area contributed by atoms with E-state index in [1.165, 1.54) is 16.3 Å². The van der Waals surface area contributed by atoms with E-state index in [1.807, 2.05) is 6.20 Å². The fourth-order valence-corrected chi connectivity index (χ4v) is 3.16. The molecule has 0 unspecified atom stereocenters. The van der Waals surface area contributed by atoms with Crippen LogP contribution in [-0.2, 0) is 6.54 Å². The fourth-order valence-electron chi connectivity index (χ4n) is 3.16. The molecule has 2 aromatic rings. The Labute approximate surface area is 126 Å². The van der Waals surface area contributed by atoms with Gasteiger partial charge in [0.25, 0.3) is 0 Å². The van der Waals surface area contributed by atoms with E-state index in [9.17, 15) is 4.39 Å². The van der Waals surface area contributed by atoms with E-state index in [2.05, 4.69) is 48.0 Å². The van der Waals surface area contributed by atoms with Crippen LogP contribution in [0.25, 0.3) is 10.8 Å². The van der Waals surface area contributed by atoms with E-state index in [-0.39, 0.29) is 0 Å². The van der Waals surface area contributed by atoms with Crippen LogP contribution in [0.2, 0.25) is 0 Å².